The normalized spacial score (nSPS) is 15.0. The first kappa shape index (κ1) is 21.7. The molecule has 1 aliphatic rings. The molecule has 1 aliphatic heterocycles. The lowest BCUT2D eigenvalue weighted by Crippen LogP contribution is -2.44. The van der Waals surface area contributed by atoms with Crippen molar-refractivity contribution in [1.82, 2.24) is 14.7 Å². The first-order valence-electron chi connectivity index (χ1n) is 10.3. The van der Waals surface area contributed by atoms with Gasteiger partial charge in [-0.3, -0.25) is 0 Å². The Labute approximate surface area is 177 Å². The first-order valence-corrected chi connectivity index (χ1v) is 10.3. The number of nitrogens with zero attached hydrogens (tertiary/aromatic N) is 3. The van der Waals surface area contributed by atoms with Crippen LogP contribution in [0, 0.1) is 0 Å². The number of esters is 1. The van der Waals surface area contributed by atoms with Crippen molar-refractivity contribution in [3.8, 4) is 5.69 Å². The molecule has 0 spiro atoms. The summed E-state index contributed by atoms with van der Waals surface area (Å²) in [5.41, 5.74) is 0.747. The van der Waals surface area contributed by atoms with Gasteiger partial charge in [0.15, 0.2) is 5.82 Å². The Bertz CT molecular complexity index is 865. The summed E-state index contributed by atoms with van der Waals surface area (Å²) in [4.78, 5) is 26.4. The van der Waals surface area contributed by atoms with Crippen LogP contribution in [0.4, 0.5) is 10.6 Å². The van der Waals surface area contributed by atoms with Gasteiger partial charge >= 0.3 is 12.1 Å². The number of hydrogen-bond acceptors (Lipinski definition) is 6. The van der Waals surface area contributed by atoms with Crippen molar-refractivity contribution in [2.24, 2.45) is 0 Å². The molecule has 0 bridgehead atoms. The molecule has 1 fully saturated rings. The smallest absolute Gasteiger partial charge is 0.410 e. The first-order chi connectivity index (χ1) is 14.3. The van der Waals surface area contributed by atoms with E-state index in [9.17, 15) is 9.59 Å². The van der Waals surface area contributed by atoms with Gasteiger partial charge in [0.05, 0.1) is 12.3 Å². The van der Waals surface area contributed by atoms with E-state index in [4.69, 9.17) is 9.47 Å². The zero-order chi connectivity index (χ0) is 21.7. The maximum atomic E-state index is 12.4. The standard InChI is InChI=1S/C22H30N4O4/c1-5-29-20(27)18-15-26(17-9-7-6-8-10-17)24-19(18)23-16-11-13-25(14-12-16)21(28)30-22(2,3)4/h6-10,15-16H,5,11-14H2,1-4H3,(H,23,24). The summed E-state index contributed by atoms with van der Waals surface area (Å²) >= 11 is 0. The Morgan fingerprint density at radius 2 is 1.83 bits per heavy atom. The van der Waals surface area contributed by atoms with Crippen LogP contribution in [0.5, 0.6) is 0 Å². The molecule has 8 nitrogen and oxygen atoms in total. The molecule has 0 atom stereocenters. The van der Waals surface area contributed by atoms with Crippen molar-refractivity contribution in [3.05, 3.63) is 42.1 Å². The van der Waals surface area contributed by atoms with Crippen molar-refractivity contribution in [3.63, 3.8) is 0 Å². The third-order valence-electron chi connectivity index (χ3n) is 4.72. The fourth-order valence-electron chi connectivity index (χ4n) is 3.28. The topological polar surface area (TPSA) is 85.7 Å². The van der Waals surface area contributed by atoms with Gasteiger partial charge in [-0.2, -0.15) is 0 Å². The molecule has 3 rings (SSSR count). The lowest BCUT2D eigenvalue weighted by molar-refractivity contribution is 0.0210. The van der Waals surface area contributed by atoms with Gasteiger partial charge in [0.1, 0.15) is 11.2 Å². The van der Waals surface area contributed by atoms with E-state index in [0.717, 1.165) is 18.5 Å². The second-order valence-electron chi connectivity index (χ2n) is 8.28. The molecule has 1 saturated heterocycles. The van der Waals surface area contributed by atoms with Crippen LogP contribution >= 0.6 is 0 Å². The molecular weight excluding hydrogens is 384 g/mol. The van der Waals surface area contributed by atoms with Crippen LogP contribution in [-0.4, -0.2) is 58.1 Å². The molecule has 1 N–H and O–H groups in total. The van der Waals surface area contributed by atoms with Crippen molar-refractivity contribution in [2.45, 2.75) is 52.2 Å². The fraction of sp³-hybridized carbons (Fsp3) is 0.500. The Morgan fingerprint density at radius 1 is 1.17 bits per heavy atom. The monoisotopic (exact) mass is 414 g/mol. The van der Waals surface area contributed by atoms with E-state index in [1.165, 1.54) is 0 Å². The van der Waals surface area contributed by atoms with Gasteiger partial charge in [-0.25, -0.2) is 14.3 Å². The van der Waals surface area contributed by atoms with E-state index in [-0.39, 0.29) is 12.1 Å². The maximum Gasteiger partial charge on any atom is 0.410 e. The number of ether oxygens (including phenoxy) is 2. The minimum absolute atomic E-state index is 0.0935. The summed E-state index contributed by atoms with van der Waals surface area (Å²) in [6.45, 7) is 8.82. The quantitative estimate of drug-likeness (QED) is 0.748. The largest absolute Gasteiger partial charge is 0.462 e. The highest BCUT2D eigenvalue weighted by atomic mass is 16.6. The van der Waals surface area contributed by atoms with Gasteiger partial charge in [0, 0.05) is 25.3 Å². The molecule has 0 aliphatic carbocycles. The Balaban J connectivity index is 1.69. The zero-order valence-electron chi connectivity index (χ0n) is 18.1. The molecule has 2 heterocycles. The van der Waals surface area contributed by atoms with Crippen LogP contribution in [-0.2, 0) is 9.47 Å². The van der Waals surface area contributed by atoms with E-state index in [0.29, 0.717) is 31.1 Å². The number of para-hydroxylation sites is 1. The minimum atomic E-state index is -0.509. The second-order valence-corrected chi connectivity index (χ2v) is 8.28. The number of nitrogens with one attached hydrogen (secondary N) is 1. The number of carbonyl (C=O) groups excluding carboxylic acids is 2. The molecule has 8 heteroatoms. The van der Waals surface area contributed by atoms with E-state index in [2.05, 4.69) is 10.4 Å². The molecule has 0 saturated carbocycles. The third-order valence-corrected chi connectivity index (χ3v) is 4.72. The summed E-state index contributed by atoms with van der Waals surface area (Å²) in [6, 6.07) is 9.70. The van der Waals surface area contributed by atoms with E-state index >= 15 is 0 Å². The van der Waals surface area contributed by atoms with Crippen molar-refractivity contribution >= 4 is 17.9 Å². The third kappa shape index (κ3) is 5.52. The van der Waals surface area contributed by atoms with Crippen molar-refractivity contribution < 1.29 is 19.1 Å². The number of amides is 1. The van der Waals surface area contributed by atoms with Gasteiger partial charge in [-0.05, 0) is 52.7 Å². The maximum absolute atomic E-state index is 12.4. The fourth-order valence-corrected chi connectivity index (χ4v) is 3.28. The number of anilines is 1. The van der Waals surface area contributed by atoms with Gasteiger partial charge in [0.25, 0.3) is 0 Å². The SMILES string of the molecule is CCOC(=O)c1cn(-c2ccccc2)nc1NC1CCN(C(=O)OC(C)(C)C)CC1. The number of aromatic nitrogens is 2. The summed E-state index contributed by atoms with van der Waals surface area (Å²) in [5.74, 6) is 0.0846. The second kappa shape index (κ2) is 9.19. The van der Waals surface area contributed by atoms with Crippen molar-refractivity contribution in [1.29, 1.82) is 0 Å². The van der Waals surface area contributed by atoms with Crippen molar-refractivity contribution in [2.75, 3.05) is 25.0 Å². The lowest BCUT2D eigenvalue weighted by Gasteiger charge is -2.33. The Kier molecular flexibility index (Phi) is 6.64. The van der Waals surface area contributed by atoms with Gasteiger partial charge < -0.3 is 19.7 Å². The van der Waals surface area contributed by atoms with Crippen LogP contribution in [0.25, 0.3) is 5.69 Å². The number of likely N-dealkylation sites (tertiary alicyclic amines) is 1. The predicted octanol–water partition coefficient (Wildman–Crippen LogP) is 3.86. The van der Waals surface area contributed by atoms with Gasteiger partial charge in [-0.1, -0.05) is 18.2 Å². The van der Waals surface area contributed by atoms with Crippen LogP contribution < -0.4 is 5.32 Å². The molecular formula is C22H30N4O4. The van der Waals surface area contributed by atoms with Gasteiger partial charge in [0.2, 0.25) is 0 Å². The molecule has 0 unspecified atom stereocenters. The summed E-state index contributed by atoms with van der Waals surface area (Å²) in [6.07, 6.45) is 2.87. The Morgan fingerprint density at radius 3 is 2.43 bits per heavy atom. The summed E-state index contributed by atoms with van der Waals surface area (Å²) < 4.78 is 12.3. The minimum Gasteiger partial charge on any atom is -0.462 e. The summed E-state index contributed by atoms with van der Waals surface area (Å²) in [5, 5.41) is 7.96. The average molecular weight is 415 g/mol. The van der Waals surface area contributed by atoms with Crippen LogP contribution in [0.3, 0.4) is 0 Å². The zero-order valence-corrected chi connectivity index (χ0v) is 18.1. The predicted molar refractivity (Wildman–Crippen MR) is 114 cm³/mol. The molecule has 162 valence electrons. The number of rotatable bonds is 5. The highest BCUT2D eigenvalue weighted by molar-refractivity contribution is 5.94. The summed E-state index contributed by atoms with van der Waals surface area (Å²) in [7, 11) is 0. The Hall–Kier alpha value is -3.03. The van der Waals surface area contributed by atoms with Crippen LogP contribution in [0.15, 0.2) is 36.5 Å². The lowest BCUT2D eigenvalue weighted by atomic mass is 10.1. The molecule has 0 radical (unpaired) electrons. The number of hydrogen-bond donors (Lipinski definition) is 1. The molecule has 1 amide bonds. The van der Waals surface area contributed by atoms with E-state index in [1.54, 1.807) is 22.7 Å². The van der Waals surface area contributed by atoms with E-state index < -0.39 is 11.6 Å². The van der Waals surface area contributed by atoms with Gasteiger partial charge in [-0.15, -0.1) is 5.10 Å². The molecule has 1 aromatic heterocycles. The van der Waals surface area contributed by atoms with Crippen LogP contribution in [0.1, 0.15) is 50.9 Å². The molecule has 30 heavy (non-hydrogen) atoms. The molecule has 2 aromatic rings. The molecule has 1 aromatic carbocycles. The number of carbonyl (C=O) groups is 2. The highest BCUT2D eigenvalue weighted by Crippen LogP contribution is 2.23. The average Bonchev–Trinajstić information content (AvgIpc) is 3.12. The highest BCUT2D eigenvalue weighted by Gasteiger charge is 2.28. The van der Waals surface area contributed by atoms with Crippen LogP contribution in [0.2, 0.25) is 0 Å². The number of benzene rings is 1. The van der Waals surface area contributed by atoms with E-state index in [1.807, 2.05) is 51.1 Å². The number of piperidine rings is 1.